The minimum atomic E-state index is 0.382. The van der Waals surface area contributed by atoms with E-state index in [-0.39, 0.29) is 0 Å². The second-order valence-electron chi connectivity index (χ2n) is 4.50. The number of halogens is 1. The van der Waals surface area contributed by atoms with Crippen LogP contribution in [0.1, 0.15) is 12.0 Å². The Morgan fingerprint density at radius 2 is 2.29 bits per heavy atom. The van der Waals surface area contributed by atoms with Gasteiger partial charge in [0.25, 0.3) is 0 Å². The fraction of sp³-hybridized carbons (Fsp3) is 0.500. The minimum absolute atomic E-state index is 0.382. The second kappa shape index (κ2) is 4.91. The Morgan fingerprint density at radius 1 is 1.53 bits per heavy atom. The fourth-order valence-electron chi connectivity index (χ4n) is 2.08. The van der Waals surface area contributed by atoms with Crippen LogP contribution in [0.5, 0.6) is 0 Å². The van der Waals surface area contributed by atoms with Crippen molar-refractivity contribution in [3.8, 4) is 6.07 Å². The van der Waals surface area contributed by atoms with Crippen molar-refractivity contribution < 1.29 is 0 Å². The third kappa shape index (κ3) is 2.68. The van der Waals surface area contributed by atoms with Gasteiger partial charge in [0.05, 0.1) is 11.6 Å². The van der Waals surface area contributed by atoms with Crippen LogP contribution in [0.2, 0.25) is 5.15 Å². The van der Waals surface area contributed by atoms with E-state index in [1.54, 1.807) is 12.1 Å². The van der Waals surface area contributed by atoms with Crippen LogP contribution in [-0.4, -0.2) is 43.1 Å². The van der Waals surface area contributed by atoms with Gasteiger partial charge in [0, 0.05) is 19.1 Å². The van der Waals surface area contributed by atoms with Crippen molar-refractivity contribution in [3.63, 3.8) is 0 Å². The molecule has 2 rings (SSSR count). The normalized spacial score (nSPS) is 19.7. The number of likely N-dealkylation sites (N-methyl/N-ethyl adjacent to an activating group) is 1. The number of anilines is 1. The summed E-state index contributed by atoms with van der Waals surface area (Å²) in [6.45, 7) is 1.90. The summed E-state index contributed by atoms with van der Waals surface area (Å²) in [5.74, 6) is 0.804. The first-order valence-electron chi connectivity index (χ1n) is 5.59. The van der Waals surface area contributed by atoms with Gasteiger partial charge in [0.1, 0.15) is 11.0 Å². The smallest absolute Gasteiger partial charge is 0.132 e. The summed E-state index contributed by atoms with van der Waals surface area (Å²) in [6, 6.07) is 6.03. The lowest BCUT2D eigenvalue weighted by atomic mass is 10.2. The lowest BCUT2D eigenvalue weighted by Crippen LogP contribution is -2.31. The standard InChI is InChI=1S/C12H15ClN4/c1-16(2)10-3-4-17(8-10)12-6-9(7-14)5-11(13)15-12/h5-6,10H,3-4,8H2,1-2H3. The molecule has 1 unspecified atom stereocenters. The molecule has 1 aromatic rings. The summed E-state index contributed by atoms with van der Waals surface area (Å²) in [7, 11) is 4.17. The maximum Gasteiger partial charge on any atom is 0.132 e. The summed E-state index contributed by atoms with van der Waals surface area (Å²) in [6.07, 6.45) is 1.11. The lowest BCUT2D eigenvalue weighted by molar-refractivity contribution is 0.315. The van der Waals surface area contributed by atoms with Crippen LogP contribution >= 0.6 is 11.6 Å². The maximum atomic E-state index is 8.91. The largest absolute Gasteiger partial charge is 0.355 e. The molecule has 2 heterocycles. The van der Waals surface area contributed by atoms with Gasteiger partial charge in [0.15, 0.2) is 0 Å². The number of aromatic nitrogens is 1. The fourth-order valence-corrected chi connectivity index (χ4v) is 2.29. The highest BCUT2D eigenvalue weighted by atomic mass is 35.5. The van der Waals surface area contributed by atoms with Gasteiger partial charge >= 0.3 is 0 Å². The first-order valence-corrected chi connectivity index (χ1v) is 5.97. The Morgan fingerprint density at radius 3 is 2.88 bits per heavy atom. The average Bonchev–Trinajstić information content (AvgIpc) is 2.77. The van der Waals surface area contributed by atoms with Crippen molar-refractivity contribution in [2.45, 2.75) is 12.5 Å². The van der Waals surface area contributed by atoms with Crippen LogP contribution in [0.25, 0.3) is 0 Å². The molecule has 0 radical (unpaired) electrons. The van der Waals surface area contributed by atoms with Gasteiger partial charge in [-0.05, 0) is 32.6 Å². The molecule has 1 atom stereocenters. The van der Waals surface area contributed by atoms with Gasteiger partial charge in [-0.3, -0.25) is 0 Å². The zero-order valence-corrected chi connectivity index (χ0v) is 10.8. The zero-order chi connectivity index (χ0) is 12.4. The third-order valence-corrected chi connectivity index (χ3v) is 3.32. The van der Waals surface area contributed by atoms with Gasteiger partial charge in [-0.1, -0.05) is 11.6 Å². The molecule has 17 heavy (non-hydrogen) atoms. The average molecular weight is 251 g/mol. The molecule has 0 N–H and O–H groups in total. The van der Waals surface area contributed by atoms with Crippen LogP contribution in [0.4, 0.5) is 5.82 Å². The Balaban J connectivity index is 2.19. The maximum absolute atomic E-state index is 8.91. The molecule has 0 spiro atoms. The molecular weight excluding hydrogens is 236 g/mol. The molecule has 0 aliphatic carbocycles. The Kier molecular flexibility index (Phi) is 3.51. The predicted molar refractivity (Wildman–Crippen MR) is 68.3 cm³/mol. The number of nitrogens with zero attached hydrogens (tertiary/aromatic N) is 4. The lowest BCUT2D eigenvalue weighted by Gasteiger charge is -2.21. The molecule has 0 saturated carbocycles. The first-order chi connectivity index (χ1) is 8.10. The summed E-state index contributed by atoms with van der Waals surface area (Å²) < 4.78 is 0. The highest BCUT2D eigenvalue weighted by Crippen LogP contribution is 2.23. The Labute approximate surface area is 106 Å². The summed E-state index contributed by atoms with van der Waals surface area (Å²) >= 11 is 5.91. The van der Waals surface area contributed by atoms with E-state index in [1.807, 2.05) is 0 Å². The molecule has 0 amide bonds. The molecule has 1 aromatic heterocycles. The molecule has 1 aliphatic rings. The van der Waals surface area contributed by atoms with Crippen LogP contribution < -0.4 is 4.90 Å². The van der Waals surface area contributed by atoms with E-state index >= 15 is 0 Å². The van der Waals surface area contributed by atoms with Crippen molar-refractivity contribution in [1.82, 2.24) is 9.88 Å². The van der Waals surface area contributed by atoms with Crippen LogP contribution in [0, 0.1) is 11.3 Å². The van der Waals surface area contributed by atoms with Gasteiger partial charge in [0.2, 0.25) is 0 Å². The molecule has 1 fully saturated rings. The molecule has 1 saturated heterocycles. The highest BCUT2D eigenvalue weighted by Gasteiger charge is 2.25. The van der Waals surface area contributed by atoms with E-state index < -0.39 is 0 Å². The van der Waals surface area contributed by atoms with E-state index in [4.69, 9.17) is 16.9 Å². The van der Waals surface area contributed by atoms with E-state index in [9.17, 15) is 0 Å². The van der Waals surface area contributed by atoms with E-state index in [2.05, 4.69) is 34.9 Å². The zero-order valence-electron chi connectivity index (χ0n) is 10.0. The third-order valence-electron chi connectivity index (χ3n) is 3.13. The second-order valence-corrected chi connectivity index (χ2v) is 4.89. The van der Waals surface area contributed by atoms with Crippen molar-refractivity contribution in [2.24, 2.45) is 0 Å². The van der Waals surface area contributed by atoms with E-state index in [0.717, 1.165) is 25.3 Å². The van der Waals surface area contributed by atoms with Crippen LogP contribution in [0.3, 0.4) is 0 Å². The number of rotatable bonds is 2. The molecule has 5 heteroatoms. The van der Waals surface area contributed by atoms with Gasteiger partial charge < -0.3 is 9.80 Å². The number of pyridine rings is 1. The molecule has 0 aromatic carbocycles. The summed E-state index contributed by atoms with van der Waals surface area (Å²) in [4.78, 5) is 8.68. The van der Waals surface area contributed by atoms with Crippen molar-refractivity contribution in [3.05, 3.63) is 22.8 Å². The number of hydrogen-bond donors (Lipinski definition) is 0. The molecule has 4 nitrogen and oxygen atoms in total. The van der Waals surface area contributed by atoms with Crippen molar-refractivity contribution >= 4 is 17.4 Å². The number of nitriles is 1. The van der Waals surface area contributed by atoms with Gasteiger partial charge in [-0.15, -0.1) is 0 Å². The topological polar surface area (TPSA) is 43.2 Å². The Bertz CT molecular complexity index is 452. The summed E-state index contributed by atoms with van der Waals surface area (Å²) in [5, 5.41) is 9.29. The van der Waals surface area contributed by atoms with Crippen LogP contribution in [-0.2, 0) is 0 Å². The van der Waals surface area contributed by atoms with Crippen LogP contribution in [0.15, 0.2) is 12.1 Å². The van der Waals surface area contributed by atoms with Gasteiger partial charge in [-0.25, -0.2) is 4.98 Å². The van der Waals surface area contributed by atoms with Crippen molar-refractivity contribution in [1.29, 1.82) is 5.26 Å². The first kappa shape index (κ1) is 12.2. The van der Waals surface area contributed by atoms with E-state index in [1.165, 1.54) is 0 Å². The summed E-state index contributed by atoms with van der Waals surface area (Å²) in [5.41, 5.74) is 0.563. The quantitative estimate of drug-likeness (QED) is 0.750. The van der Waals surface area contributed by atoms with Gasteiger partial charge in [-0.2, -0.15) is 5.26 Å². The Hall–Kier alpha value is -1.31. The van der Waals surface area contributed by atoms with Crippen molar-refractivity contribution in [2.75, 3.05) is 32.1 Å². The molecule has 0 bridgehead atoms. The SMILES string of the molecule is CN(C)C1CCN(c2cc(C#N)cc(Cl)n2)C1. The van der Waals surface area contributed by atoms with E-state index in [0.29, 0.717) is 16.8 Å². The molecule has 1 aliphatic heterocycles. The minimum Gasteiger partial charge on any atom is -0.355 e. The molecule has 90 valence electrons. The molecular formula is C12H15ClN4. The predicted octanol–water partition coefficient (Wildman–Crippen LogP) is 1.75. The highest BCUT2D eigenvalue weighted by molar-refractivity contribution is 6.29. The monoisotopic (exact) mass is 250 g/mol. The number of hydrogen-bond acceptors (Lipinski definition) is 4.